The molecular formula is C58H43NO. The van der Waals surface area contributed by atoms with E-state index in [1.165, 1.54) is 72.0 Å². The highest BCUT2D eigenvalue weighted by molar-refractivity contribution is 6.10. The summed E-state index contributed by atoms with van der Waals surface area (Å²) in [6, 6.07) is 69.4. The van der Waals surface area contributed by atoms with Gasteiger partial charge in [0, 0.05) is 38.4 Å². The first-order valence-corrected chi connectivity index (χ1v) is 21.1. The smallest absolute Gasteiger partial charge is 0.136 e. The Labute approximate surface area is 351 Å². The fraction of sp³-hybridized carbons (Fsp3) is 0.103. The molecule has 0 aliphatic heterocycles. The van der Waals surface area contributed by atoms with E-state index in [4.69, 9.17) is 4.42 Å². The van der Waals surface area contributed by atoms with E-state index in [1.54, 1.807) is 0 Å². The third kappa shape index (κ3) is 5.01. The Kier molecular flexibility index (Phi) is 7.36. The van der Waals surface area contributed by atoms with Crippen LogP contribution in [0, 0.1) is 0 Å². The first-order chi connectivity index (χ1) is 29.3. The monoisotopic (exact) mass is 769 g/mol. The van der Waals surface area contributed by atoms with E-state index < -0.39 is 0 Å². The van der Waals surface area contributed by atoms with Crippen molar-refractivity contribution in [1.82, 2.24) is 0 Å². The van der Waals surface area contributed by atoms with Crippen molar-refractivity contribution < 1.29 is 4.42 Å². The van der Waals surface area contributed by atoms with Gasteiger partial charge in [-0.3, -0.25) is 0 Å². The van der Waals surface area contributed by atoms with Crippen LogP contribution >= 0.6 is 0 Å². The van der Waals surface area contributed by atoms with Crippen molar-refractivity contribution in [2.45, 2.75) is 38.5 Å². The van der Waals surface area contributed by atoms with Gasteiger partial charge >= 0.3 is 0 Å². The van der Waals surface area contributed by atoms with Gasteiger partial charge < -0.3 is 9.32 Å². The van der Waals surface area contributed by atoms with Crippen LogP contribution in [-0.2, 0) is 10.8 Å². The number of hydrogen-bond donors (Lipinski definition) is 0. The van der Waals surface area contributed by atoms with Crippen LogP contribution in [0.3, 0.4) is 0 Å². The molecule has 2 aliphatic carbocycles. The molecule has 0 saturated heterocycles. The minimum atomic E-state index is -0.195. The van der Waals surface area contributed by atoms with Crippen LogP contribution in [0.25, 0.3) is 77.2 Å². The SMILES string of the molecule is CC1(C)c2ccccc2-c2ccc(N(c3ccc4c(c3)C(C)(C)c3cc(-c5ccccc5)ccc3-4)c3ccc(-c4ccc5c(c4)oc4ccccc45)c4ccccc34)cc21. The number of fused-ring (bicyclic) bond motifs is 10. The van der Waals surface area contributed by atoms with Crippen LogP contribution < -0.4 is 4.90 Å². The molecule has 1 aromatic heterocycles. The molecule has 0 fully saturated rings. The highest BCUT2D eigenvalue weighted by Crippen LogP contribution is 2.54. The van der Waals surface area contributed by atoms with Gasteiger partial charge in [0.2, 0.25) is 0 Å². The number of benzene rings is 9. The third-order valence-electron chi connectivity index (χ3n) is 13.7. The lowest BCUT2D eigenvalue weighted by Gasteiger charge is -2.31. The average Bonchev–Trinajstić information content (AvgIpc) is 3.85. The Morgan fingerprint density at radius 3 is 1.62 bits per heavy atom. The first kappa shape index (κ1) is 34.8. The number of nitrogens with zero attached hydrogens (tertiary/aromatic N) is 1. The molecule has 2 nitrogen and oxygen atoms in total. The van der Waals surface area contributed by atoms with Crippen molar-refractivity contribution in [3.8, 4) is 44.5 Å². The van der Waals surface area contributed by atoms with Gasteiger partial charge in [-0.15, -0.1) is 0 Å². The topological polar surface area (TPSA) is 16.4 Å². The molecule has 10 aromatic rings. The Hall–Kier alpha value is -7.16. The van der Waals surface area contributed by atoms with Gasteiger partial charge in [-0.25, -0.2) is 0 Å². The quantitative estimate of drug-likeness (QED) is 0.173. The second kappa shape index (κ2) is 12.7. The van der Waals surface area contributed by atoms with E-state index >= 15 is 0 Å². The van der Waals surface area contributed by atoms with Crippen molar-refractivity contribution >= 4 is 49.8 Å². The van der Waals surface area contributed by atoms with Crippen molar-refractivity contribution in [3.63, 3.8) is 0 Å². The summed E-state index contributed by atoms with van der Waals surface area (Å²) in [5.41, 5.74) is 20.5. The number of anilines is 3. The van der Waals surface area contributed by atoms with Crippen LogP contribution in [0.2, 0.25) is 0 Å². The van der Waals surface area contributed by atoms with Gasteiger partial charge in [0.1, 0.15) is 11.2 Å². The summed E-state index contributed by atoms with van der Waals surface area (Å²) in [4.78, 5) is 2.50. The molecule has 0 saturated carbocycles. The lowest BCUT2D eigenvalue weighted by atomic mass is 9.81. The van der Waals surface area contributed by atoms with Crippen LogP contribution in [0.4, 0.5) is 17.1 Å². The number of hydrogen-bond acceptors (Lipinski definition) is 2. The second-order valence-corrected chi connectivity index (χ2v) is 17.7. The fourth-order valence-electron chi connectivity index (χ4n) is 10.6. The highest BCUT2D eigenvalue weighted by atomic mass is 16.3. The van der Waals surface area contributed by atoms with E-state index in [0.717, 1.165) is 44.6 Å². The number of para-hydroxylation sites is 1. The summed E-state index contributed by atoms with van der Waals surface area (Å²) < 4.78 is 6.38. The van der Waals surface area contributed by atoms with Gasteiger partial charge in [0.05, 0.1) is 5.69 Å². The molecule has 286 valence electrons. The normalized spacial score (nSPS) is 14.3. The second-order valence-electron chi connectivity index (χ2n) is 17.7. The Morgan fingerprint density at radius 1 is 0.333 bits per heavy atom. The Bertz CT molecular complexity index is 3380. The maximum atomic E-state index is 6.38. The molecule has 0 spiro atoms. The van der Waals surface area contributed by atoms with Crippen molar-refractivity contribution in [2.75, 3.05) is 4.90 Å². The molecule has 0 unspecified atom stereocenters. The molecule has 0 N–H and O–H groups in total. The number of furan rings is 1. The van der Waals surface area contributed by atoms with Gasteiger partial charge in [-0.2, -0.15) is 0 Å². The first-order valence-electron chi connectivity index (χ1n) is 21.1. The van der Waals surface area contributed by atoms with Gasteiger partial charge in [0.25, 0.3) is 0 Å². The van der Waals surface area contributed by atoms with Crippen LogP contribution in [-0.4, -0.2) is 0 Å². The molecule has 0 bridgehead atoms. The van der Waals surface area contributed by atoms with E-state index in [9.17, 15) is 0 Å². The summed E-state index contributed by atoms with van der Waals surface area (Å²) in [5, 5.41) is 4.68. The standard InChI is InChI=1S/C58H43NO/c1-57(2)50-20-12-10-17-43(50)45-28-24-39(34-52(45)57)59(40-25-29-46-44-26-22-37(36-14-6-5-7-15-36)32-51(44)58(3,4)53(46)35-40)54-31-30-41(42-16-8-9-18-47(42)54)38-23-27-49-48-19-11-13-21-55(48)60-56(49)33-38/h5-35H,1-4H3. The minimum absolute atomic E-state index is 0.132. The summed E-state index contributed by atoms with van der Waals surface area (Å²) in [7, 11) is 0. The summed E-state index contributed by atoms with van der Waals surface area (Å²) in [6.07, 6.45) is 0. The van der Waals surface area contributed by atoms with E-state index in [2.05, 4.69) is 209 Å². The largest absolute Gasteiger partial charge is 0.456 e. The predicted octanol–water partition coefficient (Wildman–Crippen LogP) is 16.2. The molecule has 2 aliphatic rings. The highest BCUT2D eigenvalue weighted by Gasteiger charge is 2.38. The Balaban J connectivity index is 1.05. The molecule has 1 heterocycles. The van der Waals surface area contributed by atoms with Crippen LogP contribution in [0.5, 0.6) is 0 Å². The molecule has 9 aromatic carbocycles. The maximum Gasteiger partial charge on any atom is 0.136 e. The van der Waals surface area contributed by atoms with Crippen molar-refractivity contribution in [1.29, 1.82) is 0 Å². The zero-order valence-corrected chi connectivity index (χ0v) is 34.3. The van der Waals surface area contributed by atoms with Gasteiger partial charge in [0.15, 0.2) is 0 Å². The van der Waals surface area contributed by atoms with Crippen LogP contribution in [0.1, 0.15) is 49.9 Å². The summed E-state index contributed by atoms with van der Waals surface area (Å²) >= 11 is 0. The maximum absolute atomic E-state index is 6.38. The number of rotatable bonds is 5. The van der Waals surface area contributed by atoms with Crippen molar-refractivity contribution in [3.05, 3.63) is 210 Å². The zero-order chi connectivity index (χ0) is 40.3. The van der Waals surface area contributed by atoms with E-state index in [1.807, 2.05) is 12.1 Å². The molecule has 12 rings (SSSR count). The van der Waals surface area contributed by atoms with Gasteiger partial charge in [-0.1, -0.05) is 161 Å². The average molecular weight is 770 g/mol. The summed E-state index contributed by atoms with van der Waals surface area (Å²) in [6.45, 7) is 9.51. The lowest BCUT2D eigenvalue weighted by Crippen LogP contribution is -2.18. The molecule has 0 atom stereocenters. The molecular weight excluding hydrogens is 727 g/mol. The van der Waals surface area contributed by atoms with E-state index in [0.29, 0.717) is 0 Å². The zero-order valence-electron chi connectivity index (χ0n) is 34.3. The van der Waals surface area contributed by atoms with Gasteiger partial charge in [-0.05, 0) is 127 Å². The third-order valence-corrected chi connectivity index (χ3v) is 13.7. The van der Waals surface area contributed by atoms with Crippen molar-refractivity contribution in [2.24, 2.45) is 0 Å². The molecule has 0 amide bonds. The molecule has 0 radical (unpaired) electrons. The molecule has 60 heavy (non-hydrogen) atoms. The van der Waals surface area contributed by atoms with Crippen LogP contribution in [0.15, 0.2) is 192 Å². The predicted molar refractivity (Wildman–Crippen MR) is 252 cm³/mol. The van der Waals surface area contributed by atoms with E-state index in [-0.39, 0.29) is 10.8 Å². The fourth-order valence-corrected chi connectivity index (χ4v) is 10.6. The molecule has 2 heteroatoms. The lowest BCUT2D eigenvalue weighted by molar-refractivity contribution is 0.660. The minimum Gasteiger partial charge on any atom is -0.456 e. The summed E-state index contributed by atoms with van der Waals surface area (Å²) in [5.74, 6) is 0. The Morgan fingerprint density at radius 2 is 0.867 bits per heavy atom.